The molecule has 22 heavy (non-hydrogen) atoms. The second-order valence-electron chi connectivity index (χ2n) is 4.82. The average Bonchev–Trinajstić information content (AvgIpc) is 3.02. The Kier molecular flexibility index (Phi) is 2.79. The van der Waals surface area contributed by atoms with E-state index < -0.39 is 0 Å². The third-order valence-corrected chi connectivity index (χ3v) is 3.56. The Labute approximate surface area is 124 Å². The van der Waals surface area contributed by atoms with Gasteiger partial charge in [0.2, 0.25) is 5.49 Å². The number of nitrogens with one attached hydrogen (secondary N) is 1. The van der Waals surface area contributed by atoms with Crippen molar-refractivity contribution in [2.24, 2.45) is 5.16 Å². The third-order valence-electron chi connectivity index (χ3n) is 3.56. The maximum atomic E-state index is 9.32. The van der Waals surface area contributed by atoms with E-state index in [2.05, 4.69) is 25.6 Å². The molecule has 6 nitrogen and oxygen atoms in total. The molecule has 0 aliphatic rings. The summed E-state index contributed by atoms with van der Waals surface area (Å²) in [6.45, 7) is 0. The van der Waals surface area contributed by atoms with Crippen molar-refractivity contribution in [2.45, 2.75) is 0 Å². The molecule has 4 aromatic rings. The highest BCUT2D eigenvalue weighted by molar-refractivity contribution is 6.06. The van der Waals surface area contributed by atoms with Crippen molar-refractivity contribution in [2.75, 3.05) is 0 Å². The Bertz CT molecular complexity index is 1040. The van der Waals surface area contributed by atoms with Crippen LogP contribution in [0, 0.1) is 0 Å². The minimum Gasteiger partial charge on any atom is -0.409 e. The Morgan fingerprint density at radius 1 is 0.818 bits per heavy atom. The van der Waals surface area contributed by atoms with Gasteiger partial charge in [0, 0.05) is 16.3 Å². The summed E-state index contributed by atoms with van der Waals surface area (Å²) in [6, 6.07) is 17.6. The summed E-state index contributed by atoms with van der Waals surface area (Å²) in [5.41, 5.74) is 2.85. The maximum absolute atomic E-state index is 9.32. The Morgan fingerprint density at radius 2 is 1.50 bits per heavy atom. The van der Waals surface area contributed by atoms with Gasteiger partial charge in [0.1, 0.15) is 5.52 Å². The molecule has 0 aliphatic heterocycles. The highest BCUT2D eigenvalue weighted by Crippen LogP contribution is 2.27. The quantitative estimate of drug-likeness (QED) is 0.416. The molecule has 4 rings (SSSR count). The number of hydrogen-bond acceptors (Lipinski definition) is 5. The summed E-state index contributed by atoms with van der Waals surface area (Å²) in [6.07, 6.45) is 0. The van der Waals surface area contributed by atoms with Crippen molar-refractivity contribution >= 4 is 21.8 Å². The molecule has 0 atom stereocenters. The highest BCUT2D eigenvalue weighted by atomic mass is 16.4. The summed E-state index contributed by atoms with van der Waals surface area (Å²) in [5, 5.41) is 25.2. The van der Waals surface area contributed by atoms with Crippen LogP contribution < -0.4 is 5.49 Å². The number of benzene rings is 2. The minimum absolute atomic E-state index is 0.138. The van der Waals surface area contributed by atoms with Gasteiger partial charge in [-0.2, -0.15) is 15.4 Å². The molecule has 2 aromatic carbocycles. The van der Waals surface area contributed by atoms with Crippen molar-refractivity contribution in [1.82, 2.24) is 20.4 Å². The fourth-order valence-electron chi connectivity index (χ4n) is 2.58. The molecule has 0 saturated heterocycles. The van der Waals surface area contributed by atoms with E-state index in [1.807, 2.05) is 54.6 Å². The lowest BCUT2D eigenvalue weighted by Gasteiger charge is -2.01. The third kappa shape index (κ3) is 1.81. The zero-order valence-electron chi connectivity index (χ0n) is 11.4. The van der Waals surface area contributed by atoms with Crippen LogP contribution in [0.5, 0.6) is 0 Å². The Balaban J connectivity index is 2.30. The number of H-pyrrole nitrogens is 1. The molecule has 106 valence electrons. The molecule has 2 N–H and O–H groups in total. The number of aromatic amines is 1. The predicted octanol–water partition coefficient (Wildman–Crippen LogP) is 2.46. The van der Waals surface area contributed by atoms with Crippen LogP contribution in [0.3, 0.4) is 0 Å². The molecular weight excluding hydrogens is 278 g/mol. The fraction of sp³-hybridized carbons (Fsp3) is 0. The molecule has 6 heteroatoms. The van der Waals surface area contributed by atoms with Crippen LogP contribution >= 0.6 is 0 Å². The van der Waals surface area contributed by atoms with Crippen molar-refractivity contribution < 1.29 is 5.21 Å². The van der Waals surface area contributed by atoms with E-state index >= 15 is 0 Å². The fourth-order valence-corrected chi connectivity index (χ4v) is 2.58. The van der Waals surface area contributed by atoms with E-state index in [9.17, 15) is 5.21 Å². The lowest BCUT2D eigenvalue weighted by molar-refractivity contribution is 0.299. The first-order chi connectivity index (χ1) is 10.9. The topological polar surface area (TPSA) is 87.0 Å². The van der Waals surface area contributed by atoms with E-state index in [4.69, 9.17) is 0 Å². The van der Waals surface area contributed by atoms with Crippen LogP contribution in [0.4, 0.5) is 0 Å². The van der Waals surface area contributed by atoms with Crippen molar-refractivity contribution in [1.29, 1.82) is 0 Å². The van der Waals surface area contributed by atoms with Crippen LogP contribution in [0.1, 0.15) is 0 Å². The van der Waals surface area contributed by atoms with E-state index in [0.717, 1.165) is 22.0 Å². The first-order valence-electron chi connectivity index (χ1n) is 6.75. The Hall–Kier alpha value is -3.28. The lowest BCUT2D eigenvalue weighted by Crippen LogP contribution is -2.06. The highest BCUT2D eigenvalue weighted by Gasteiger charge is 2.11. The van der Waals surface area contributed by atoms with Gasteiger partial charge in [-0.1, -0.05) is 59.8 Å². The molecule has 0 bridgehead atoms. The van der Waals surface area contributed by atoms with Gasteiger partial charge in [0.25, 0.3) is 0 Å². The summed E-state index contributed by atoms with van der Waals surface area (Å²) >= 11 is 0. The van der Waals surface area contributed by atoms with Crippen LogP contribution in [0.25, 0.3) is 33.1 Å². The molecule has 0 radical (unpaired) electrons. The summed E-state index contributed by atoms with van der Waals surface area (Å²) < 4.78 is 0. The van der Waals surface area contributed by atoms with Gasteiger partial charge in [0.05, 0.1) is 5.69 Å². The standard InChI is InChI=1S/C16H11N5O/c22-20-16-15-14(18-21-19-15)12-9-5-4-8-11(12)13(17-16)10-6-2-1-3-7-10/h1-9,22H,(H,18,19,21)/b20-16-. The molecule has 0 fully saturated rings. The first kappa shape index (κ1) is 12.5. The molecule has 0 amide bonds. The molecular formula is C16H11N5O. The minimum atomic E-state index is 0.138. The SMILES string of the molecule is O/N=c1\nc(-c2ccccc2)c2ccccc2c2n[nH]nc12. The van der Waals surface area contributed by atoms with Gasteiger partial charge in [-0.15, -0.1) is 0 Å². The summed E-state index contributed by atoms with van der Waals surface area (Å²) in [7, 11) is 0. The van der Waals surface area contributed by atoms with E-state index in [-0.39, 0.29) is 5.49 Å². The maximum Gasteiger partial charge on any atom is 0.221 e. The largest absolute Gasteiger partial charge is 0.409 e. The molecule has 2 heterocycles. The normalized spacial score (nSPS) is 12.1. The van der Waals surface area contributed by atoms with Gasteiger partial charge in [-0.25, -0.2) is 4.98 Å². The van der Waals surface area contributed by atoms with Crippen LogP contribution in [0.2, 0.25) is 0 Å². The first-order valence-corrected chi connectivity index (χ1v) is 6.75. The van der Waals surface area contributed by atoms with Crippen molar-refractivity contribution in [3.8, 4) is 11.3 Å². The smallest absolute Gasteiger partial charge is 0.221 e. The van der Waals surface area contributed by atoms with Gasteiger partial charge in [0.15, 0.2) is 5.52 Å². The van der Waals surface area contributed by atoms with E-state index in [1.54, 1.807) is 0 Å². The zero-order chi connectivity index (χ0) is 14.9. The van der Waals surface area contributed by atoms with Crippen LogP contribution in [-0.4, -0.2) is 25.6 Å². The second kappa shape index (κ2) is 4.92. The van der Waals surface area contributed by atoms with E-state index in [0.29, 0.717) is 11.0 Å². The zero-order valence-corrected chi connectivity index (χ0v) is 11.4. The summed E-state index contributed by atoms with van der Waals surface area (Å²) in [5.74, 6) is 0. The van der Waals surface area contributed by atoms with Crippen LogP contribution in [-0.2, 0) is 0 Å². The average molecular weight is 289 g/mol. The monoisotopic (exact) mass is 289 g/mol. The van der Waals surface area contributed by atoms with Gasteiger partial charge in [-0.05, 0) is 0 Å². The second-order valence-corrected chi connectivity index (χ2v) is 4.82. The number of nitrogens with zero attached hydrogens (tertiary/aromatic N) is 4. The molecule has 0 spiro atoms. The molecule has 0 aliphatic carbocycles. The van der Waals surface area contributed by atoms with E-state index in [1.165, 1.54) is 0 Å². The van der Waals surface area contributed by atoms with Crippen molar-refractivity contribution in [3.63, 3.8) is 0 Å². The number of hydrogen-bond donors (Lipinski definition) is 2. The van der Waals surface area contributed by atoms with Gasteiger partial charge in [-0.3, -0.25) is 0 Å². The van der Waals surface area contributed by atoms with Crippen molar-refractivity contribution in [3.05, 3.63) is 60.1 Å². The number of rotatable bonds is 1. The van der Waals surface area contributed by atoms with Crippen LogP contribution in [0.15, 0.2) is 59.8 Å². The molecule has 0 saturated carbocycles. The molecule has 0 unspecified atom stereocenters. The predicted molar refractivity (Wildman–Crippen MR) is 82.0 cm³/mol. The summed E-state index contributed by atoms with van der Waals surface area (Å²) in [4.78, 5) is 4.51. The Morgan fingerprint density at radius 3 is 2.27 bits per heavy atom. The molecule has 2 aromatic heterocycles. The lowest BCUT2D eigenvalue weighted by atomic mass is 10.1. The van der Waals surface area contributed by atoms with Gasteiger partial charge >= 0.3 is 0 Å². The number of aromatic nitrogens is 4. The van der Waals surface area contributed by atoms with Gasteiger partial charge < -0.3 is 5.21 Å². The number of fused-ring (bicyclic) bond motifs is 3.